The summed E-state index contributed by atoms with van der Waals surface area (Å²) in [6.45, 7) is 4.62. The van der Waals surface area contributed by atoms with E-state index in [9.17, 15) is 5.02 Å². The topological polar surface area (TPSA) is 55.2 Å². The second-order valence-electron chi connectivity index (χ2n) is 6.39. The summed E-state index contributed by atoms with van der Waals surface area (Å²) in [5.74, 6) is 0.728. The third-order valence-corrected chi connectivity index (χ3v) is 5.92. The van der Waals surface area contributed by atoms with Crippen molar-refractivity contribution in [3.8, 4) is 10.7 Å². The maximum absolute atomic E-state index is 9.79. The summed E-state index contributed by atoms with van der Waals surface area (Å²) in [5, 5.41) is 9.79. The Hall–Kier alpha value is -1.73. The van der Waals surface area contributed by atoms with Gasteiger partial charge in [0.25, 0.3) is 0 Å². The standard InChI is InChI=1S/C19H18BClN2O2S/c1-3-14-11(2)22-19(17-6-7-18(21)26-17)23-16(14)9-12-4-5-15-13(8-12)10-25-20(15)24/h4-8,24H,3,9-10H2,1-2H3. The van der Waals surface area contributed by atoms with E-state index in [1.807, 2.05) is 31.2 Å². The fourth-order valence-corrected chi connectivity index (χ4v) is 4.37. The maximum atomic E-state index is 9.79. The van der Waals surface area contributed by atoms with Crippen LogP contribution < -0.4 is 5.46 Å². The van der Waals surface area contributed by atoms with Crippen LogP contribution in [0.3, 0.4) is 0 Å². The number of rotatable bonds is 4. The Morgan fingerprint density at radius 1 is 1.27 bits per heavy atom. The minimum absolute atomic E-state index is 0.451. The van der Waals surface area contributed by atoms with Crippen molar-refractivity contribution in [1.82, 2.24) is 9.97 Å². The predicted molar refractivity (Wildman–Crippen MR) is 106 cm³/mol. The van der Waals surface area contributed by atoms with Crippen LogP contribution >= 0.6 is 22.9 Å². The monoisotopic (exact) mass is 384 g/mol. The van der Waals surface area contributed by atoms with E-state index < -0.39 is 7.12 Å². The van der Waals surface area contributed by atoms with Crippen LogP contribution in [0.1, 0.15) is 35.0 Å². The molecule has 1 N–H and O–H groups in total. The average Bonchev–Trinajstić information content (AvgIpc) is 3.21. The number of hydrogen-bond acceptors (Lipinski definition) is 5. The van der Waals surface area contributed by atoms with Gasteiger partial charge in [-0.15, -0.1) is 11.3 Å². The molecule has 4 nitrogen and oxygen atoms in total. The SMILES string of the molecule is CCc1c(C)nc(-c2ccc(Cl)s2)nc1Cc1ccc2c(c1)COB2O. The molecule has 0 radical (unpaired) electrons. The molecule has 0 saturated carbocycles. The minimum atomic E-state index is -0.804. The highest BCUT2D eigenvalue weighted by Gasteiger charge is 2.27. The first-order valence-electron chi connectivity index (χ1n) is 8.58. The zero-order valence-electron chi connectivity index (χ0n) is 14.6. The molecule has 0 aliphatic carbocycles. The van der Waals surface area contributed by atoms with Crippen LogP contribution in [0.5, 0.6) is 0 Å². The van der Waals surface area contributed by atoms with Crippen LogP contribution in [0.15, 0.2) is 30.3 Å². The van der Waals surface area contributed by atoms with Gasteiger partial charge >= 0.3 is 7.12 Å². The number of hydrogen-bond donors (Lipinski definition) is 1. The number of aryl methyl sites for hydroxylation is 1. The fourth-order valence-electron chi connectivity index (χ4n) is 3.39. The Morgan fingerprint density at radius 3 is 2.85 bits per heavy atom. The summed E-state index contributed by atoms with van der Waals surface area (Å²) >= 11 is 7.57. The molecular weight excluding hydrogens is 367 g/mol. The summed E-state index contributed by atoms with van der Waals surface area (Å²) < 4.78 is 6.03. The molecule has 3 aromatic rings. The number of nitrogens with zero attached hydrogens (tertiary/aromatic N) is 2. The van der Waals surface area contributed by atoms with Crippen molar-refractivity contribution in [2.24, 2.45) is 0 Å². The van der Waals surface area contributed by atoms with Crippen LogP contribution in [0.25, 0.3) is 10.7 Å². The molecule has 3 heterocycles. The summed E-state index contributed by atoms with van der Waals surface area (Å²) in [5.41, 5.74) is 6.30. The molecule has 4 rings (SSSR count). The molecule has 0 saturated heterocycles. The quantitative estimate of drug-likeness (QED) is 0.699. The first-order valence-corrected chi connectivity index (χ1v) is 9.78. The molecule has 7 heteroatoms. The fraction of sp³-hybridized carbons (Fsp3) is 0.263. The second kappa shape index (κ2) is 7.12. The van der Waals surface area contributed by atoms with E-state index in [0.717, 1.165) is 55.9 Å². The minimum Gasteiger partial charge on any atom is -0.423 e. The van der Waals surface area contributed by atoms with Crippen LogP contribution in [-0.4, -0.2) is 22.1 Å². The van der Waals surface area contributed by atoms with Gasteiger partial charge in [0.15, 0.2) is 5.82 Å². The van der Waals surface area contributed by atoms with Crippen molar-refractivity contribution in [2.45, 2.75) is 33.3 Å². The Kier molecular flexibility index (Phi) is 4.84. The van der Waals surface area contributed by atoms with Gasteiger partial charge in [-0.3, -0.25) is 0 Å². The van der Waals surface area contributed by atoms with Crippen molar-refractivity contribution in [3.63, 3.8) is 0 Å². The van der Waals surface area contributed by atoms with Crippen molar-refractivity contribution >= 4 is 35.5 Å². The van der Waals surface area contributed by atoms with Gasteiger partial charge in [0.05, 0.1) is 21.5 Å². The van der Waals surface area contributed by atoms with Crippen LogP contribution in [0, 0.1) is 6.92 Å². The maximum Gasteiger partial charge on any atom is 0.491 e. The van der Waals surface area contributed by atoms with E-state index in [1.54, 1.807) is 0 Å². The molecule has 0 spiro atoms. The number of thiophene rings is 1. The Balaban J connectivity index is 1.72. The van der Waals surface area contributed by atoms with Gasteiger partial charge in [0.1, 0.15) is 0 Å². The van der Waals surface area contributed by atoms with E-state index in [0.29, 0.717) is 6.61 Å². The number of aromatic nitrogens is 2. The van der Waals surface area contributed by atoms with E-state index >= 15 is 0 Å². The van der Waals surface area contributed by atoms with Crippen LogP contribution in [0.2, 0.25) is 4.34 Å². The number of benzene rings is 1. The van der Waals surface area contributed by atoms with Gasteiger partial charge in [-0.05, 0) is 47.6 Å². The third kappa shape index (κ3) is 3.30. The molecule has 132 valence electrons. The zero-order valence-corrected chi connectivity index (χ0v) is 16.2. The van der Waals surface area contributed by atoms with Gasteiger partial charge in [0, 0.05) is 12.1 Å². The van der Waals surface area contributed by atoms with Crippen LogP contribution in [-0.2, 0) is 24.1 Å². The lowest BCUT2D eigenvalue weighted by atomic mass is 9.79. The smallest absolute Gasteiger partial charge is 0.423 e. The molecule has 0 bridgehead atoms. The predicted octanol–water partition coefficient (Wildman–Crippen LogP) is 3.54. The normalized spacial score (nSPS) is 13.3. The van der Waals surface area contributed by atoms with E-state index in [4.69, 9.17) is 21.2 Å². The summed E-state index contributed by atoms with van der Waals surface area (Å²) in [7, 11) is -0.804. The van der Waals surface area contributed by atoms with E-state index in [2.05, 4.69) is 18.0 Å². The summed E-state index contributed by atoms with van der Waals surface area (Å²) in [4.78, 5) is 10.5. The highest BCUT2D eigenvalue weighted by Crippen LogP contribution is 2.30. The zero-order chi connectivity index (χ0) is 18.3. The van der Waals surface area contributed by atoms with Crippen molar-refractivity contribution in [2.75, 3.05) is 0 Å². The highest BCUT2D eigenvalue weighted by atomic mass is 35.5. The first-order chi connectivity index (χ1) is 12.5. The lowest BCUT2D eigenvalue weighted by Crippen LogP contribution is -2.27. The lowest BCUT2D eigenvalue weighted by Gasteiger charge is -2.12. The van der Waals surface area contributed by atoms with Gasteiger partial charge in [0.2, 0.25) is 0 Å². The summed E-state index contributed by atoms with van der Waals surface area (Å²) in [6.07, 6.45) is 1.61. The third-order valence-electron chi connectivity index (χ3n) is 4.69. The van der Waals surface area contributed by atoms with Gasteiger partial charge in [-0.25, -0.2) is 9.97 Å². The van der Waals surface area contributed by atoms with Gasteiger partial charge in [-0.1, -0.05) is 36.7 Å². The average molecular weight is 385 g/mol. The number of halogens is 1. The molecule has 26 heavy (non-hydrogen) atoms. The lowest BCUT2D eigenvalue weighted by molar-refractivity contribution is 0.275. The molecule has 2 aromatic heterocycles. The molecule has 0 amide bonds. The number of fused-ring (bicyclic) bond motifs is 1. The Labute approximate surface area is 162 Å². The van der Waals surface area contributed by atoms with Crippen molar-refractivity contribution in [3.05, 3.63) is 62.7 Å². The molecule has 0 fully saturated rings. The van der Waals surface area contributed by atoms with E-state index in [-0.39, 0.29) is 0 Å². The van der Waals surface area contributed by atoms with Gasteiger partial charge < -0.3 is 9.68 Å². The highest BCUT2D eigenvalue weighted by molar-refractivity contribution is 7.19. The second-order valence-corrected chi connectivity index (χ2v) is 8.10. The van der Waals surface area contributed by atoms with E-state index in [1.165, 1.54) is 16.9 Å². The summed E-state index contributed by atoms with van der Waals surface area (Å²) in [6, 6.07) is 9.92. The molecule has 1 aromatic carbocycles. The van der Waals surface area contributed by atoms with Crippen molar-refractivity contribution < 1.29 is 9.68 Å². The first kappa shape index (κ1) is 17.7. The molecular formula is C19H18BClN2O2S. The molecule has 1 aliphatic rings. The molecule has 1 aliphatic heterocycles. The van der Waals surface area contributed by atoms with Crippen molar-refractivity contribution in [1.29, 1.82) is 0 Å². The molecule has 0 atom stereocenters. The molecule has 0 unspecified atom stereocenters. The Bertz CT molecular complexity index is 976. The van der Waals surface area contributed by atoms with Crippen LogP contribution in [0.4, 0.5) is 0 Å². The largest absolute Gasteiger partial charge is 0.491 e. The Morgan fingerprint density at radius 2 is 2.12 bits per heavy atom. The van der Waals surface area contributed by atoms with Gasteiger partial charge in [-0.2, -0.15) is 0 Å².